The van der Waals surface area contributed by atoms with Crippen LogP contribution in [0.5, 0.6) is 11.5 Å². The van der Waals surface area contributed by atoms with Crippen molar-refractivity contribution in [1.29, 1.82) is 0 Å². The van der Waals surface area contributed by atoms with Crippen LogP contribution in [0.4, 0.5) is 28.8 Å². The maximum Gasteiger partial charge on any atom is 0.418 e. The van der Waals surface area contributed by atoms with Gasteiger partial charge in [0, 0.05) is 0 Å². The number of carbonyl (C=O) groups excluding carboxylic acids is 1. The van der Waals surface area contributed by atoms with Crippen LogP contribution in [-0.2, 0) is 6.18 Å². The van der Waals surface area contributed by atoms with E-state index in [-0.39, 0.29) is 10.8 Å². The average Bonchev–Trinajstić information content (AvgIpc) is 3.03. The van der Waals surface area contributed by atoms with Crippen LogP contribution in [0.25, 0.3) is 10.2 Å². The fourth-order valence-corrected chi connectivity index (χ4v) is 3.40. The van der Waals surface area contributed by atoms with Gasteiger partial charge in [-0.05, 0) is 24.3 Å². The Morgan fingerprint density at radius 2 is 1.70 bits per heavy atom. The summed E-state index contributed by atoms with van der Waals surface area (Å²) < 4.78 is 50.2. The van der Waals surface area contributed by atoms with Crippen molar-refractivity contribution in [3.05, 3.63) is 42.0 Å². The largest absolute Gasteiger partial charge is 0.495 e. The van der Waals surface area contributed by atoms with E-state index in [1.165, 1.54) is 32.4 Å². The molecule has 0 fully saturated rings. The molecule has 0 saturated carbocycles. The van der Waals surface area contributed by atoms with E-state index >= 15 is 0 Å². The third-order valence-electron chi connectivity index (χ3n) is 3.61. The van der Waals surface area contributed by atoms with Gasteiger partial charge in [0.1, 0.15) is 21.7 Å². The fourth-order valence-electron chi connectivity index (χ4n) is 2.43. The van der Waals surface area contributed by atoms with Crippen LogP contribution >= 0.6 is 11.3 Å². The van der Waals surface area contributed by atoms with Crippen molar-refractivity contribution in [3.8, 4) is 11.5 Å². The highest BCUT2D eigenvalue weighted by molar-refractivity contribution is 7.22. The van der Waals surface area contributed by atoms with Gasteiger partial charge in [-0.3, -0.25) is 5.32 Å². The highest BCUT2D eigenvalue weighted by Gasteiger charge is 2.33. The van der Waals surface area contributed by atoms with Crippen molar-refractivity contribution in [1.82, 2.24) is 4.98 Å². The first-order chi connectivity index (χ1) is 12.8. The summed E-state index contributed by atoms with van der Waals surface area (Å²) in [6.07, 6.45) is -4.58. The molecule has 2 N–H and O–H groups in total. The minimum atomic E-state index is -4.58. The monoisotopic (exact) mass is 397 g/mol. The first-order valence-electron chi connectivity index (χ1n) is 7.59. The first kappa shape index (κ1) is 18.8. The van der Waals surface area contributed by atoms with Gasteiger partial charge in [0.25, 0.3) is 0 Å². The maximum atomic E-state index is 13.0. The number of fused-ring (bicyclic) bond motifs is 1. The predicted octanol–water partition coefficient (Wildman–Crippen LogP) is 4.98. The van der Waals surface area contributed by atoms with E-state index < -0.39 is 17.8 Å². The lowest BCUT2D eigenvalue weighted by molar-refractivity contribution is -0.136. The van der Waals surface area contributed by atoms with Crippen LogP contribution in [0.1, 0.15) is 5.56 Å². The fraction of sp³-hybridized carbons (Fsp3) is 0.176. The van der Waals surface area contributed by atoms with Crippen LogP contribution in [0.2, 0.25) is 0 Å². The molecule has 0 bridgehead atoms. The molecule has 142 valence electrons. The number of nitrogens with zero attached hydrogens (tertiary/aromatic N) is 1. The molecule has 0 atom stereocenters. The summed E-state index contributed by atoms with van der Waals surface area (Å²) in [5.41, 5.74) is -0.806. The topological polar surface area (TPSA) is 72.5 Å². The molecule has 1 heterocycles. The Bertz CT molecular complexity index is 947. The lowest BCUT2D eigenvalue weighted by Gasteiger charge is -2.13. The van der Waals surface area contributed by atoms with Gasteiger partial charge < -0.3 is 14.8 Å². The van der Waals surface area contributed by atoms with Gasteiger partial charge in [0.2, 0.25) is 0 Å². The van der Waals surface area contributed by atoms with Gasteiger partial charge in [0.05, 0.1) is 25.5 Å². The Balaban J connectivity index is 1.85. The number of carbonyl (C=O) groups is 1. The van der Waals surface area contributed by atoms with Crippen molar-refractivity contribution in [3.63, 3.8) is 0 Å². The summed E-state index contributed by atoms with van der Waals surface area (Å²) in [6, 6.07) is 7.24. The molecule has 0 saturated heterocycles. The van der Waals surface area contributed by atoms with Crippen molar-refractivity contribution in [2.45, 2.75) is 6.18 Å². The van der Waals surface area contributed by atoms with E-state index in [0.717, 1.165) is 17.4 Å². The molecule has 2 amide bonds. The van der Waals surface area contributed by atoms with Crippen LogP contribution in [0, 0.1) is 0 Å². The van der Waals surface area contributed by atoms with Gasteiger partial charge in [-0.15, -0.1) is 0 Å². The number of ether oxygens (including phenoxy) is 2. The van der Waals surface area contributed by atoms with Crippen LogP contribution < -0.4 is 20.1 Å². The number of urea groups is 1. The third-order valence-corrected chi connectivity index (χ3v) is 4.60. The van der Waals surface area contributed by atoms with Gasteiger partial charge in [-0.1, -0.05) is 23.5 Å². The highest BCUT2D eigenvalue weighted by atomic mass is 32.1. The zero-order valence-electron chi connectivity index (χ0n) is 14.2. The summed E-state index contributed by atoms with van der Waals surface area (Å²) in [4.78, 5) is 16.4. The number of hydrogen-bond donors (Lipinski definition) is 2. The van der Waals surface area contributed by atoms with Crippen LogP contribution in [0.3, 0.4) is 0 Å². The molecule has 0 aliphatic carbocycles. The van der Waals surface area contributed by atoms with Crippen LogP contribution in [-0.4, -0.2) is 25.2 Å². The molecule has 0 aliphatic heterocycles. The summed E-state index contributed by atoms with van der Waals surface area (Å²) >= 11 is 1.12. The lowest BCUT2D eigenvalue weighted by atomic mass is 10.1. The van der Waals surface area contributed by atoms with Crippen molar-refractivity contribution in [2.75, 3.05) is 24.9 Å². The third kappa shape index (κ3) is 3.90. The number of nitrogens with one attached hydrogen (secondary N) is 2. The van der Waals surface area contributed by atoms with Gasteiger partial charge in [-0.25, -0.2) is 9.78 Å². The van der Waals surface area contributed by atoms with Crippen LogP contribution in [0.15, 0.2) is 36.4 Å². The summed E-state index contributed by atoms with van der Waals surface area (Å²) in [5, 5.41) is 4.83. The number of halogens is 3. The lowest BCUT2D eigenvalue weighted by Crippen LogP contribution is -2.21. The number of hydrogen-bond acceptors (Lipinski definition) is 5. The second-order valence-corrected chi connectivity index (χ2v) is 6.29. The molecule has 27 heavy (non-hydrogen) atoms. The van der Waals surface area contributed by atoms with E-state index in [2.05, 4.69) is 15.6 Å². The molecule has 10 heteroatoms. The standard InChI is InChI=1S/C17H14F3N3O3S/c1-25-11-7-8-12(26-2)14-13(11)22-16(27-14)23-15(24)21-10-6-4-3-5-9(10)17(18,19)20/h3-8H,1-2H3,(H2,21,22,23,24). The number of rotatable bonds is 4. The van der Waals surface area contributed by atoms with E-state index in [1.54, 1.807) is 12.1 Å². The quantitative estimate of drug-likeness (QED) is 0.652. The molecule has 0 aliphatic rings. The normalized spacial score (nSPS) is 11.3. The SMILES string of the molecule is COc1ccc(OC)c2sc(NC(=O)Nc3ccccc3C(F)(F)F)nc12. The van der Waals surface area contributed by atoms with Gasteiger partial charge in [0.15, 0.2) is 5.13 Å². The number of aromatic nitrogens is 1. The zero-order chi connectivity index (χ0) is 19.6. The number of para-hydroxylation sites is 1. The van der Waals surface area contributed by atoms with Gasteiger partial charge in [-0.2, -0.15) is 13.2 Å². The number of anilines is 2. The van der Waals surface area contributed by atoms with E-state index in [1.807, 2.05) is 0 Å². The maximum absolute atomic E-state index is 13.0. The Morgan fingerprint density at radius 3 is 2.37 bits per heavy atom. The molecule has 0 radical (unpaired) electrons. The summed E-state index contributed by atoms with van der Waals surface area (Å²) in [6.45, 7) is 0. The number of methoxy groups -OCH3 is 2. The molecule has 1 aromatic heterocycles. The average molecular weight is 397 g/mol. The van der Waals surface area contributed by atoms with Crippen molar-refractivity contribution >= 4 is 38.4 Å². The Labute approximate surface area is 155 Å². The number of thiazole rings is 1. The Morgan fingerprint density at radius 1 is 1.04 bits per heavy atom. The molecule has 3 aromatic rings. The number of amides is 2. The summed E-state index contributed by atoms with van der Waals surface area (Å²) in [5.74, 6) is 1.03. The smallest absolute Gasteiger partial charge is 0.418 e. The first-order valence-corrected chi connectivity index (χ1v) is 8.41. The van der Waals surface area contributed by atoms with Crippen molar-refractivity contribution in [2.24, 2.45) is 0 Å². The van der Waals surface area contributed by atoms with Crippen molar-refractivity contribution < 1.29 is 27.4 Å². The Hall–Kier alpha value is -3.01. The van der Waals surface area contributed by atoms with E-state index in [4.69, 9.17) is 9.47 Å². The molecule has 0 spiro atoms. The molecular formula is C17H14F3N3O3S. The number of benzene rings is 2. The molecule has 0 unspecified atom stereocenters. The Kier molecular flexibility index (Phi) is 5.08. The van der Waals surface area contributed by atoms with E-state index in [9.17, 15) is 18.0 Å². The minimum Gasteiger partial charge on any atom is -0.495 e. The van der Waals surface area contributed by atoms with E-state index in [0.29, 0.717) is 21.7 Å². The molecule has 2 aromatic carbocycles. The molecule has 3 rings (SSSR count). The highest BCUT2D eigenvalue weighted by Crippen LogP contribution is 2.39. The zero-order valence-corrected chi connectivity index (χ0v) is 15.0. The van der Waals surface area contributed by atoms with Gasteiger partial charge >= 0.3 is 12.2 Å². The number of alkyl halides is 3. The minimum absolute atomic E-state index is 0.190. The second kappa shape index (κ2) is 7.31. The second-order valence-electron chi connectivity index (χ2n) is 5.29. The summed E-state index contributed by atoms with van der Waals surface area (Å²) in [7, 11) is 2.98. The molecular weight excluding hydrogens is 383 g/mol. The molecule has 6 nitrogen and oxygen atoms in total. The predicted molar refractivity (Wildman–Crippen MR) is 96.8 cm³/mol.